The van der Waals surface area contributed by atoms with Crippen LogP contribution >= 0.6 is 11.6 Å². The highest BCUT2D eigenvalue weighted by atomic mass is 35.5. The van der Waals surface area contributed by atoms with Gasteiger partial charge in [-0.1, -0.05) is 16.8 Å². The quantitative estimate of drug-likeness (QED) is 0.752. The molecule has 0 atom stereocenters. The topological polar surface area (TPSA) is 115 Å². The number of nitrogens with zero attached hydrogens (tertiary/aromatic N) is 3. The van der Waals surface area contributed by atoms with Gasteiger partial charge in [-0.05, 0) is 41.5 Å². The van der Waals surface area contributed by atoms with Gasteiger partial charge in [0.15, 0.2) is 11.3 Å². The maximum Gasteiger partial charge on any atom is 0.424 e. The van der Waals surface area contributed by atoms with E-state index in [2.05, 4.69) is 10.1 Å². The second-order valence-electron chi connectivity index (χ2n) is 7.72. The van der Waals surface area contributed by atoms with Crippen LogP contribution < -0.4 is 4.90 Å². The number of rotatable bonds is 2. The van der Waals surface area contributed by atoms with E-state index in [1.54, 1.807) is 41.5 Å². The van der Waals surface area contributed by atoms with Crippen molar-refractivity contribution in [3.8, 4) is 0 Å². The molecule has 0 aliphatic rings. The van der Waals surface area contributed by atoms with Crippen molar-refractivity contribution in [3.63, 3.8) is 0 Å². The van der Waals surface area contributed by atoms with E-state index < -0.39 is 30.0 Å². The summed E-state index contributed by atoms with van der Waals surface area (Å²) in [5, 5.41) is 13.1. The number of amides is 2. The molecule has 2 heterocycles. The van der Waals surface area contributed by atoms with E-state index in [0.29, 0.717) is 4.90 Å². The third-order valence-corrected chi connectivity index (χ3v) is 3.18. The molecule has 0 aliphatic heterocycles. The second kappa shape index (κ2) is 7.32. The summed E-state index contributed by atoms with van der Waals surface area (Å²) in [5.41, 5.74) is -1.59. The van der Waals surface area contributed by atoms with Crippen LogP contribution in [0.3, 0.4) is 0 Å². The Bertz CT molecular complexity index is 838. The minimum Gasteiger partial charge on any atom is -0.443 e. The minimum atomic E-state index is -0.978. The predicted molar refractivity (Wildman–Crippen MR) is 97.7 cm³/mol. The molecule has 2 amide bonds. The smallest absolute Gasteiger partial charge is 0.424 e. The number of hydrogen-bond acceptors (Lipinski definition) is 8. The molecule has 2 aromatic rings. The zero-order valence-electron chi connectivity index (χ0n) is 16.0. The standard InChI is InChI=1S/C17H22ClN3O6/c1-16(2,3)25-14(23)21(15(24)26-17(4,5)6)9-7-11(18)19-13-10(8-22)27-20-12(9)13/h7,22H,8H2,1-6H3. The fraction of sp³-hybridized carbons (Fsp3) is 0.529. The van der Waals surface area contributed by atoms with Crippen LogP contribution in [0.25, 0.3) is 11.0 Å². The van der Waals surface area contributed by atoms with Crippen LogP contribution in [0.15, 0.2) is 10.6 Å². The van der Waals surface area contributed by atoms with Gasteiger partial charge >= 0.3 is 12.2 Å². The number of ether oxygens (including phenoxy) is 2. The summed E-state index contributed by atoms with van der Waals surface area (Å²) >= 11 is 6.04. The SMILES string of the molecule is CC(C)(C)OC(=O)N(C(=O)OC(C)(C)C)c1cc(Cl)nc2c(CO)onc12. The lowest BCUT2D eigenvalue weighted by molar-refractivity contribution is 0.0431. The average Bonchev–Trinajstić information content (AvgIpc) is 2.86. The van der Waals surface area contributed by atoms with Gasteiger partial charge in [-0.3, -0.25) is 0 Å². The van der Waals surface area contributed by atoms with E-state index in [-0.39, 0.29) is 27.6 Å². The van der Waals surface area contributed by atoms with Crippen LogP contribution in [-0.4, -0.2) is 38.6 Å². The molecule has 10 heteroatoms. The Kier molecular flexibility index (Phi) is 5.67. The third-order valence-electron chi connectivity index (χ3n) is 2.99. The first-order valence-corrected chi connectivity index (χ1v) is 8.52. The molecular formula is C17H22ClN3O6. The fourth-order valence-corrected chi connectivity index (χ4v) is 2.27. The Labute approximate surface area is 161 Å². The zero-order valence-corrected chi connectivity index (χ0v) is 16.7. The number of pyridine rings is 1. The lowest BCUT2D eigenvalue weighted by Gasteiger charge is -2.28. The van der Waals surface area contributed by atoms with Crippen molar-refractivity contribution in [2.45, 2.75) is 59.4 Å². The van der Waals surface area contributed by atoms with Crippen molar-refractivity contribution in [3.05, 3.63) is 17.0 Å². The van der Waals surface area contributed by atoms with Crippen LogP contribution in [0.2, 0.25) is 5.15 Å². The third kappa shape index (κ3) is 5.08. The van der Waals surface area contributed by atoms with E-state index in [1.165, 1.54) is 6.07 Å². The Morgan fingerprint density at radius 2 is 1.63 bits per heavy atom. The highest BCUT2D eigenvalue weighted by Gasteiger charge is 2.35. The normalized spacial score (nSPS) is 12.1. The van der Waals surface area contributed by atoms with Gasteiger partial charge in [0.2, 0.25) is 0 Å². The van der Waals surface area contributed by atoms with Gasteiger partial charge in [-0.15, -0.1) is 0 Å². The summed E-state index contributed by atoms with van der Waals surface area (Å²) < 4.78 is 15.7. The maximum atomic E-state index is 12.7. The molecule has 148 valence electrons. The largest absolute Gasteiger partial charge is 0.443 e. The average molecular weight is 400 g/mol. The van der Waals surface area contributed by atoms with Crippen LogP contribution in [-0.2, 0) is 16.1 Å². The summed E-state index contributed by atoms with van der Waals surface area (Å²) in [7, 11) is 0. The first-order chi connectivity index (χ1) is 12.3. The van der Waals surface area contributed by atoms with Crippen LogP contribution in [0.1, 0.15) is 47.3 Å². The van der Waals surface area contributed by atoms with Crippen LogP contribution in [0.5, 0.6) is 0 Å². The van der Waals surface area contributed by atoms with Crippen molar-refractivity contribution >= 4 is 40.5 Å². The Balaban J connectivity index is 2.63. The molecule has 0 aliphatic carbocycles. The van der Waals surface area contributed by atoms with Crippen molar-refractivity contribution < 1.29 is 28.7 Å². The summed E-state index contributed by atoms with van der Waals surface area (Å²) in [6.45, 7) is 9.48. The first kappa shape index (κ1) is 20.9. The molecule has 0 bridgehead atoms. The molecule has 1 N–H and O–H groups in total. The van der Waals surface area contributed by atoms with Crippen molar-refractivity contribution in [2.24, 2.45) is 0 Å². The summed E-state index contributed by atoms with van der Waals surface area (Å²) in [6.07, 6.45) is -1.96. The number of hydrogen-bond donors (Lipinski definition) is 1. The van der Waals surface area contributed by atoms with Crippen molar-refractivity contribution in [2.75, 3.05) is 4.90 Å². The van der Waals surface area contributed by atoms with Gasteiger partial charge in [-0.25, -0.2) is 14.6 Å². The fourth-order valence-electron chi connectivity index (χ4n) is 2.08. The summed E-state index contributed by atoms with van der Waals surface area (Å²) in [5.74, 6) is 0.0436. The number of imide groups is 1. The molecule has 0 saturated carbocycles. The Morgan fingerprint density at radius 1 is 1.11 bits per heavy atom. The predicted octanol–water partition coefficient (Wildman–Crippen LogP) is 4.05. The summed E-state index contributed by atoms with van der Waals surface area (Å²) in [4.78, 5) is 30.2. The number of aliphatic hydroxyl groups is 1. The lowest BCUT2D eigenvalue weighted by Crippen LogP contribution is -2.44. The molecule has 9 nitrogen and oxygen atoms in total. The minimum absolute atomic E-state index is 0.0306. The first-order valence-electron chi connectivity index (χ1n) is 8.14. The molecule has 0 aromatic carbocycles. The highest BCUT2D eigenvalue weighted by molar-refractivity contribution is 6.30. The van der Waals surface area contributed by atoms with Crippen molar-refractivity contribution in [1.29, 1.82) is 0 Å². The lowest BCUT2D eigenvalue weighted by atomic mass is 10.2. The van der Waals surface area contributed by atoms with Crippen LogP contribution in [0, 0.1) is 0 Å². The molecule has 0 fully saturated rings. The van der Waals surface area contributed by atoms with E-state index in [1.807, 2.05) is 0 Å². The van der Waals surface area contributed by atoms with E-state index in [9.17, 15) is 14.7 Å². The molecule has 0 unspecified atom stereocenters. The van der Waals surface area contributed by atoms with Gasteiger partial charge in [0, 0.05) is 6.07 Å². The molecule has 0 radical (unpaired) electrons. The molecule has 0 saturated heterocycles. The number of carbonyl (C=O) groups excluding carboxylic acids is 2. The Morgan fingerprint density at radius 3 is 2.07 bits per heavy atom. The number of aromatic nitrogens is 2. The second-order valence-corrected chi connectivity index (χ2v) is 8.11. The molecule has 27 heavy (non-hydrogen) atoms. The number of fused-ring (bicyclic) bond motifs is 1. The van der Waals surface area contributed by atoms with Crippen LogP contribution in [0.4, 0.5) is 15.3 Å². The van der Waals surface area contributed by atoms with Crippen molar-refractivity contribution in [1.82, 2.24) is 10.1 Å². The number of carbonyl (C=O) groups is 2. The van der Waals surface area contributed by atoms with Gasteiger partial charge in [0.25, 0.3) is 0 Å². The molecular weight excluding hydrogens is 378 g/mol. The zero-order chi connectivity index (χ0) is 20.6. The highest BCUT2D eigenvalue weighted by Crippen LogP contribution is 2.32. The number of aliphatic hydroxyl groups excluding tert-OH is 1. The molecule has 0 spiro atoms. The maximum absolute atomic E-state index is 12.7. The van der Waals surface area contributed by atoms with E-state index >= 15 is 0 Å². The van der Waals surface area contributed by atoms with Gasteiger partial charge in [-0.2, -0.15) is 4.90 Å². The number of anilines is 1. The van der Waals surface area contributed by atoms with E-state index in [0.717, 1.165) is 0 Å². The molecule has 2 aromatic heterocycles. The molecule has 2 rings (SSSR count). The van der Waals surface area contributed by atoms with E-state index in [4.69, 9.17) is 25.6 Å². The summed E-state index contributed by atoms with van der Waals surface area (Å²) in [6, 6.07) is 1.27. The van der Waals surface area contributed by atoms with Gasteiger partial charge < -0.3 is 19.1 Å². The number of halogens is 1. The van der Waals surface area contributed by atoms with Gasteiger partial charge in [0.1, 0.15) is 28.5 Å². The van der Waals surface area contributed by atoms with Gasteiger partial charge in [0.05, 0.1) is 5.69 Å². The Hall–Kier alpha value is -2.39. The monoisotopic (exact) mass is 399 g/mol.